The lowest BCUT2D eigenvalue weighted by atomic mass is 10.2. The summed E-state index contributed by atoms with van der Waals surface area (Å²) in [4.78, 5) is 4.29. The summed E-state index contributed by atoms with van der Waals surface area (Å²) >= 11 is 5.89. The molecule has 0 spiro atoms. The SMILES string of the molecule is Fc1ccc(Cl)cc1CNc1cccnc1-n1cccn1. The normalized spacial score (nSPS) is 10.6. The maximum Gasteiger partial charge on any atom is 0.176 e. The van der Waals surface area contributed by atoms with Gasteiger partial charge in [-0.1, -0.05) is 11.6 Å². The lowest BCUT2D eigenvalue weighted by molar-refractivity contribution is 0.613. The van der Waals surface area contributed by atoms with Gasteiger partial charge in [0.15, 0.2) is 5.82 Å². The van der Waals surface area contributed by atoms with E-state index in [2.05, 4.69) is 15.4 Å². The summed E-state index contributed by atoms with van der Waals surface area (Å²) in [6.07, 6.45) is 5.16. The molecule has 0 fully saturated rings. The standard InChI is InChI=1S/C15H12ClFN4/c16-12-4-5-13(17)11(9-12)10-19-14-3-1-6-18-15(14)21-8-2-7-20-21/h1-9,19H,10H2. The molecule has 2 heterocycles. The van der Waals surface area contributed by atoms with E-state index in [0.717, 1.165) is 5.69 Å². The van der Waals surface area contributed by atoms with Crippen molar-refractivity contribution < 1.29 is 4.39 Å². The Hall–Kier alpha value is -2.40. The van der Waals surface area contributed by atoms with Crippen molar-refractivity contribution in [2.24, 2.45) is 0 Å². The van der Waals surface area contributed by atoms with E-state index in [4.69, 9.17) is 11.6 Å². The van der Waals surface area contributed by atoms with E-state index >= 15 is 0 Å². The van der Waals surface area contributed by atoms with Crippen LogP contribution in [0.15, 0.2) is 55.0 Å². The van der Waals surface area contributed by atoms with Crippen molar-refractivity contribution in [3.63, 3.8) is 0 Å². The summed E-state index contributed by atoms with van der Waals surface area (Å²) in [5.74, 6) is 0.362. The van der Waals surface area contributed by atoms with Gasteiger partial charge in [-0.25, -0.2) is 14.1 Å². The van der Waals surface area contributed by atoms with Gasteiger partial charge >= 0.3 is 0 Å². The van der Waals surface area contributed by atoms with Crippen LogP contribution >= 0.6 is 11.6 Å². The predicted molar refractivity (Wildman–Crippen MR) is 80.1 cm³/mol. The van der Waals surface area contributed by atoms with E-state index in [1.807, 2.05) is 18.2 Å². The molecule has 0 atom stereocenters. The van der Waals surface area contributed by atoms with Gasteiger partial charge in [0, 0.05) is 35.7 Å². The fourth-order valence-electron chi connectivity index (χ4n) is 1.98. The second-order valence-corrected chi connectivity index (χ2v) is 4.85. The monoisotopic (exact) mass is 302 g/mol. The molecule has 3 rings (SSSR count). The highest BCUT2D eigenvalue weighted by Gasteiger charge is 2.07. The van der Waals surface area contributed by atoms with Gasteiger partial charge in [0.25, 0.3) is 0 Å². The highest BCUT2D eigenvalue weighted by Crippen LogP contribution is 2.19. The summed E-state index contributed by atoms with van der Waals surface area (Å²) in [5, 5.41) is 7.82. The Balaban J connectivity index is 1.84. The number of benzene rings is 1. The van der Waals surface area contributed by atoms with Gasteiger partial charge in [-0.3, -0.25) is 0 Å². The van der Waals surface area contributed by atoms with E-state index in [-0.39, 0.29) is 5.82 Å². The average Bonchev–Trinajstić information content (AvgIpc) is 3.03. The number of rotatable bonds is 4. The Morgan fingerprint density at radius 2 is 2.10 bits per heavy atom. The van der Waals surface area contributed by atoms with Crippen LogP contribution in [0.1, 0.15) is 5.56 Å². The number of halogens is 2. The van der Waals surface area contributed by atoms with Gasteiger partial charge < -0.3 is 5.32 Å². The Morgan fingerprint density at radius 1 is 1.19 bits per heavy atom. The Kier molecular flexibility index (Phi) is 3.83. The van der Waals surface area contributed by atoms with Gasteiger partial charge in [-0.05, 0) is 36.4 Å². The Labute approximate surface area is 126 Å². The largest absolute Gasteiger partial charge is 0.378 e. The number of pyridine rings is 1. The molecule has 0 bridgehead atoms. The van der Waals surface area contributed by atoms with Crippen molar-refractivity contribution in [2.45, 2.75) is 6.54 Å². The lowest BCUT2D eigenvalue weighted by Crippen LogP contribution is -2.07. The first-order valence-electron chi connectivity index (χ1n) is 6.37. The lowest BCUT2D eigenvalue weighted by Gasteiger charge is -2.11. The first-order chi connectivity index (χ1) is 10.2. The number of aromatic nitrogens is 3. The molecular weight excluding hydrogens is 291 g/mol. The molecule has 1 aromatic carbocycles. The van der Waals surface area contributed by atoms with Crippen molar-refractivity contribution in [3.8, 4) is 5.82 Å². The molecule has 3 aromatic rings. The van der Waals surface area contributed by atoms with Crippen LogP contribution in [0.25, 0.3) is 5.82 Å². The van der Waals surface area contributed by atoms with Gasteiger partial charge in [0.1, 0.15) is 5.82 Å². The molecule has 0 amide bonds. The topological polar surface area (TPSA) is 42.7 Å². The maximum absolute atomic E-state index is 13.7. The molecule has 2 aromatic heterocycles. The second-order valence-electron chi connectivity index (χ2n) is 4.41. The predicted octanol–water partition coefficient (Wildman–Crippen LogP) is 3.67. The minimum atomic E-state index is -0.295. The van der Waals surface area contributed by atoms with Gasteiger partial charge in [-0.2, -0.15) is 5.10 Å². The van der Waals surface area contributed by atoms with Crippen molar-refractivity contribution >= 4 is 17.3 Å². The molecule has 1 N–H and O–H groups in total. The number of nitrogens with one attached hydrogen (secondary N) is 1. The van der Waals surface area contributed by atoms with Crippen LogP contribution in [-0.4, -0.2) is 14.8 Å². The number of hydrogen-bond acceptors (Lipinski definition) is 3. The van der Waals surface area contributed by atoms with Crippen molar-refractivity contribution in [3.05, 3.63) is 71.4 Å². The van der Waals surface area contributed by atoms with E-state index in [0.29, 0.717) is 22.9 Å². The van der Waals surface area contributed by atoms with Crippen LogP contribution in [0.5, 0.6) is 0 Å². The summed E-state index contributed by atoms with van der Waals surface area (Å²) in [6.45, 7) is 0.312. The molecular formula is C15H12ClFN4. The van der Waals surface area contributed by atoms with E-state index < -0.39 is 0 Å². The van der Waals surface area contributed by atoms with Crippen LogP contribution in [0, 0.1) is 5.82 Å². The highest BCUT2D eigenvalue weighted by atomic mass is 35.5. The number of hydrogen-bond donors (Lipinski definition) is 1. The minimum Gasteiger partial charge on any atom is -0.378 e. The molecule has 0 saturated heterocycles. The molecule has 4 nitrogen and oxygen atoms in total. The molecule has 0 aliphatic heterocycles. The molecule has 0 aliphatic carbocycles. The molecule has 0 unspecified atom stereocenters. The van der Waals surface area contributed by atoms with Crippen molar-refractivity contribution in [1.29, 1.82) is 0 Å². The maximum atomic E-state index is 13.7. The average molecular weight is 303 g/mol. The van der Waals surface area contributed by atoms with E-state index in [9.17, 15) is 4.39 Å². The molecule has 106 valence electrons. The van der Waals surface area contributed by atoms with Crippen LogP contribution in [0.2, 0.25) is 5.02 Å². The zero-order chi connectivity index (χ0) is 14.7. The first-order valence-corrected chi connectivity index (χ1v) is 6.74. The molecule has 0 aliphatic rings. The van der Waals surface area contributed by atoms with E-state index in [1.165, 1.54) is 12.1 Å². The Bertz CT molecular complexity index is 743. The minimum absolute atomic E-state index is 0.295. The van der Waals surface area contributed by atoms with Crippen LogP contribution in [0.4, 0.5) is 10.1 Å². The Morgan fingerprint density at radius 3 is 2.90 bits per heavy atom. The van der Waals surface area contributed by atoms with Crippen molar-refractivity contribution in [2.75, 3.05) is 5.32 Å². The van der Waals surface area contributed by atoms with Crippen LogP contribution in [0.3, 0.4) is 0 Å². The zero-order valence-corrected chi connectivity index (χ0v) is 11.8. The quantitative estimate of drug-likeness (QED) is 0.799. The molecule has 21 heavy (non-hydrogen) atoms. The third-order valence-electron chi connectivity index (χ3n) is 2.99. The van der Waals surface area contributed by atoms with E-state index in [1.54, 1.807) is 29.3 Å². The smallest absolute Gasteiger partial charge is 0.176 e. The number of nitrogens with zero attached hydrogens (tertiary/aromatic N) is 3. The highest BCUT2D eigenvalue weighted by molar-refractivity contribution is 6.30. The third kappa shape index (κ3) is 3.03. The van der Waals surface area contributed by atoms with Gasteiger partial charge in [0.05, 0.1) is 5.69 Å². The third-order valence-corrected chi connectivity index (χ3v) is 3.22. The van der Waals surface area contributed by atoms with Crippen molar-refractivity contribution in [1.82, 2.24) is 14.8 Å². The second kappa shape index (κ2) is 5.93. The fraction of sp³-hybridized carbons (Fsp3) is 0.0667. The first kappa shape index (κ1) is 13.6. The fourth-order valence-corrected chi connectivity index (χ4v) is 2.18. The number of anilines is 1. The summed E-state index contributed by atoms with van der Waals surface area (Å²) in [5.41, 5.74) is 1.26. The van der Waals surface area contributed by atoms with Crippen LogP contribution in [-0.2, 0) is 6.54 Å². The van der Waals surface area contributed by atoms with Gasteiger partial charge in [-0.15, -0.1) is 0 Å². The zero-order valence-electron chi connectivity index (χ0n) is 11.0. The summed E-state index contributed by atoms with van der Waals surface area (Å²) in [7, 11) is 0. The summed E-state index contributed by atoms with van der Waals surface area (Å²) in [6, 6.07) is 9.98. The molecule has 0 saturated carbocycles. The summed E-state index contributed by atoms with van der Waals surface area (Å²) < 4.78 is 15.4. The molecule has 0 radical (unpaired) electrons. The molecule has 6 heteroatoms. The van der Waals surface area contributed by atoms with Crippen LogP contribution < -0.4 is 5.32 Å². The van der Waals surface area contributed by atoms with Gasteiger partial charge in [0.2, 0.25) is 0 Å².